The molecule has 27 heavy (non-hydrogen) atoms. The van der Waals surface area contributed by atoms with Gasteiger partial charge in [0.25, 0.3) is 0 Å². The molecule has 0 aromatic heterocycles. The van der Waals surface area contributed by atoms with E-state index in [0.29, 0.717) is 0 Å². The summed E-state index contributed by atoms with van der Waals surface area (Å²) in [4.78, 5) is 2.25. The van der Waals surface area contributed by atoms with Gasteiger partial charge in [0.05, 0.1) is 11.4 Å². The second kappa shape index (κ2) is 6.69. The highest BCUT2D eigenvalue weighted by Crippen LogP contribution is 2.50. The molecule has 3 aromatic carbocycles. The quantitative estimate of drug-likeness (QED) is 0.433. The zero-order valence-electron chi connectivity index (χ0n) is 14.9. The average molecular weight is 352 g/mol. The van der Waals surface area contributed by atoms with Crippen LogP contribution in [0.1, 0.15) is 12.8 Å². The van der Waals surface area contributed by atoms with Gasteiger partial charge in [0.15, 0.2) is 11.5 Å². The Morgan fingerprint density at radius 2 is 1.59 bits per heavy atom. The van der Waals surface area contributed by atoms with Crippen molar-refractivity contribution >= 4 is 22.7 Å². The summed E-state index contributed by atoms with van der Waals surface area (Å²) < 4.78 is 6.18. The lowest BCUT2D eigenvalue weighted by Gasteiger charge is -2.33. The summed E-state index contributed by atoms with van der Waals surface area (Å²) in [7, 11) is 0. The van der Waals surface area contributed by atoms with Crippen molar-refractivity contribution in [3.05, 3.63) is 96.7 Å². The molecule has 0 fully saturated rings. The molecule has 1 aliphatic carbocycles. The van der Waals surface area contributed by atoms with Crippen LogP contribution in [0.4, 0.5) is 22.7 Å². The second-order valence-electron chi connectivity index (χ2n) is 6.69. The van der Waals surface area contributed by atoms with Crippen LogP contribution in [0.5, 0.6) is 11.5 Å². The minimum Gasteiger partial charge on any atom is -0.453 e. The normalized spacial score (nSPS) is 14.7. The molecule has 0 radical (unpaired) electrons. The minimum atomic E-state index is 0.858. The van der Waals surface area contributed by atoms with Gasteiger partial charge in [0.2, 0.25) is 0 Å². The van der Waals surface area contributed by atoms with Gasteiger partial charge < -0.3 is 15.0 Å². The number of benzene rings is 3. The van der Waals surface area contributed by atoms with E-state index in [2.05, 4.69) is 70.9 Å². The van der Waals surface area contributed by atoms with E-state index in [-0.39, 0.29) is 0 Å². The molecule has 0 saturated heterocycles. The van der Waals surface area contributed by atoms with Crippen LogP contribution in [0, 0.1) is 0 Å². The van der Waals surface area contributed by atoms with E-state index in [9.17, 15) is 0 Å². The fourth-order valence-corrected chi connectivity index (χ4v) is 3.56. The third-order valence-corrected chi connectivity index (χ3v) is 4.82. The highest BCUT2D eigenvalue weighted by molar-refractivity contribution is 5.87. The molecule has 0 amide bonds. The molecule has 3 nitrogen and oxygen atoms in total. The third kappa shape index (κ3) is 2.97. The fourth-order valence-electron chi connectivity index (χ4n) is 3.56. The number of hydrogen-bond acceptors (Lipinski definition) is 3. The summed E-state index contributed by atoms with van der Waals surface area (Å²) in [6.45, 7) is 0. The van der Waals surface area contributed by atoms with Crippen LogP contribution >= 0.6 is 0 Å². The van der Waals surface area contributed by atoms with Gasteiger partial charge in [-0.1, -0.05) is 42.5 Å². The minimum absolute atomic E-state index is 0.858. The Labute approximate surface area is 159 Å². The summed E-state index contributed by atoms with van der Waals surface area (Å²) in [6, 6.07) is 24.8. The molecule has 5 rings (SSSR count). The van der Waals surface area contributed by atoms with Crippen LogP contribution in [0.2, 0.25) is 0 Å². The molecule has 0 spiro atoms. The summed E-state index contributed by atoms with van der Waals surface area (Å²) in [5, 5.41) is 3.52. The van der Waals surface area contributed by atoms with Crippen molar-refractivity contribution in [2.45, 2.75) is 12.8 Å². The summed E-state index contributed by atoms with van der Waals surface area (Å²) in [5.41, 5.74) is 5.39. The number of allylic oxidation sites excluding steroid dienone is 3. The van der Waals surface area contributed by atoms with Crippen molar-refractivity contribution in [3.8, 4) is 11.5 Å². The molecular formula is C24H20N2O. The lowest BCUT2D eigenvalue weighted by molar-refractivity contribution is 0.477. The van der Waals surface area contributed by atoms with Crippen LogP contribution < -0.4 is 15.0 Å². The van der Waals surface area contributed by atoms with Crippen molar-refractivity contribution < 1.29 is 4.74 Å². The van der Waals surface area contributed by atoms with E-state index in [1.165, 1.54) is 0 Å². The number of nitrogens with zero attached hydrogens (tertiary/aromatic N) is 1. The van der Waals surface area contributed by atoms with Gasteiger partial charge in [-0.3, -0.25) is 0 Å². The number of hydrogen-bond donors (Lipinski definition) is 1. The highest BCUT2D eigenvalue weighted by Gasteiger charge is 2.25. The molecule has 0 saturated carbocycles. The molecule has 3 aromatic rings. The zero-order valence-corrected chi connectivity index (χ0v) is 14.9. The van der Waals surface area contributed by atoms with Crippen molar-refractivity contribution in [2.24, 2.45) is 0 Å². The molecule has 1 N–H and O–H groups in total. The van der Waals surface area contributed by atoms with Gasteiger partial charge >= 0.3 is 0 Å². The molecule has 1 heterocycles. The molecule has 3 heteroatoms. The van der Waals surface area contributed by atoms with Gasteiger partial charge in [0, 0.05) is 17.1 Å². The Bertz CT molecular complexity index is 1040. The number of fused-ring (bicyclic) bond motifs is 2. The highest BCUT2D eigenvalue weighted by atomic mass is 16.5. The lowest BCUT2D eigenvalue weighted by Crippen LogP contribution is -2.16. The maximum Gasteiger partial charge on any atom is 0.151 e. The molecular weight excluding hydrogens is 332 g/mol. The van der Waals surface area contributed by atoms with Gasteiger partial charge in [-0.05, 0) is 61.4 Å². The van der Waals surface area contributed by atoms with Crippen LogP contribution in [0.15, 0.2) is 96.7 Å². The number of para-hydroxylation sites is 3. The first-order valence-electron chi connectivity index (χ1n) is 9.28. The number of nitrogens with one attached hydrogen (secondary N) is 1. The second-order valence-corrected chi connectivity index (χ2v) is 6.69. The Balaban J connectivity index is 1.60. The Hall–Kier alpha value is -3.46. The molecule has 2 aliphatic rings. The van der Waals surface area contributed by atoms with Crippen LogP contribution in [0.3, 0.4) is 0 Å². The van der Waals surface area contributed by atoms with Crippen LogP contribution in [-0.4, -0.2) is 0 Å². The van der Waals surface area contributed by atoms with Crippen molar-refractivity contribution in [1.29, 1.82) is 0 Å². The average Bonchev–Trinajstić information content (AvgIpc) is 2.73. The number of ether oxygens (including phenoxy) is 1. The molecule has 0 unspecified atom stereocenters. The number of rotatable bonds is 3. The molecule has 1 aliphatic heterocycles. The summed E-state index contributed by atoms with van der Waals surface area (Å²) in [5.74, 6) is 1.73. The van der Waals surface area contributed by atoms with E-state index in [1.54, 1.807) is 0 Å². The van der Waals surface area contributed by atoms with E-state index in [4.69, 9.17) is 4.74 Å². The maximum atomic E-state index is 6.18. The van der Waals surface area contributed by atoms with E-state index in [1.807, 2.05) is 30.3 Å². The zero-order chi connectivity index (χ0) is 18.1. The van der Waals surface area contributed by atoms with Gasteiger partial charge in [-0.25, -0.2) is 0 Å². The fraction of sp³-hybridized carbons (Fsp3) is 0.0833. The van der Waals surface area contributed by atoms with Crippen molar-refractivity contribution in [2.75, 3.05) is 10.2 Å². The smallest absolute Gasteiger partial charge is 0.151 e. The van der Waals surface area contributed by atoms with E-state index < -0.39 is 0 Å². The first kappa shape index (κ1) is 15.8. The predicted octanol–water partition coefficient (Wildman–Crippen LogP) is 6.91. The molecule has 132 valence electrons. The largest absolute Gasteiger partial charge is 0.453 e. The Morgan fingerprint density at radius 1 is 0.778 bits per heavy atom. The van der Waals surface area contributed by atoms with Crippen LogP contribution in [0.25, 0.3) is 0 Å². The van der Waals surface area contributed by atoms with Crippen LogP contribution in [-0.2, 0) is 0 Å². The van der Waals surface area contributed by atoms with Gasteiger partial charge in [-0.15, -0.1) is 0 Å². The summed E-state index contributed by atoms with van der Waals surface area (Å²) >= 11 is 0. The van der Waals surface area contributed by atoms with E-state index in [0.717, 1.165) is 52.8 Å². The molecule has 0 atom stereocenters. The Kier molecular flexibility index (Phi) is 3.91. The Morgan fingerprint density at radius 3 is 2.44 bits per heavy atom. The maximum absolute atomic E-state index is 6.18. The predicted molar refractivity (Wildman–Crippen MR) is 111 cm³/mol. The SMILES string of the molecule is C1=CC(Nc2ccc3c(c2)N(c2ccccc2)c2ccccc2O3)=CCC1. The van der Waals surface area contributed by atoms with Gasteiger partial charge in [-0.2, -0.15) is 0 Å². The van der Waals surface area contributed by atoms with Crippen molar-refractivity contribution in [1.82, 2.24) is 0 Å². The monoisotopic (exact) mass is 352 g/mol. The van der Waals surface area contributed by atoms with E-state index >= 15 is 0 Å². The lowest BCUT2D eigenvalue weighted by atomic mass is 10.1. The third-order valence-electron chi connectivity index (χ3n) is 4.82. The van der Waals surface area contributed by atoms with Gasteiger partial charge in [0.1, 0.15) is 0 Å². The number of anilines is 4. The first-order valence-corrected chi connectivity index (χ1v) is 9.28. The standard InChI is InChI=1S/C24H20N2O/c1-3-9-18(10-4-1)25-19-15-16-24-22(17-19)26(20-11-5-2-6-12-20)21-13-7-8-14-23(21)27-24/h2-3,5-17,25H,1,4H2. The topological polar surface area (TPSA) is 24.5 Å². The summed E-state index contributed by atoms with van der Waals surface area (Å²) in [6.07, 6.45) is 8.78. The first-order chi connectivity index (χ1) is 13.4. The molecule has 0 bridgehead atoms. The van der Waals surface area contributed by atoms with Crippen molar-refractivity contribution in [3.63, 3.8) is 0 Å².